The zero-order valence-corrected chi connectivity index (χ0v) is 46.4. The molecule has 0 atom stereocenters. The first-order valence-electron chi connectivity index (χ1n) is 26.6. The van der Waals surface area contributed by atoms with E-state index in [0.717, 1.165) is 134 Å². The molecule has 79 heavy (non-hydrogen) atoms. The number of aromatic nitrogens is 8. The van der Waals surface area contributed by atoms with Gasteiger partial charge in [0.1, 0.15) is 11.2 Å². The number of halogens is 1. The molecule has 16 nitrogen and oxygen atoms in total. The highest BCUT2D eigenvalue weighted by atomic mass is 79.9. The van der Waals surface area contributed by atoms with Gasteiger partial charge in [-0.2, -0.15) is 0 Å². The number of amides is 2. The van der Waals surface area contributed by atoms with E-state index in [9.17, 15) is 9.59 Å². The average Bonchev–Trinajstić information content (AvgIpc) is 4.26. The van der Waals surface area contributed by atoms with Crippen molar-refractivity contribution < 1.29 is 19.1 Å². The molecule has 13 rings (SSSR count). The highest BCUT2D eigenvalue weighted by molar-refractivity contribution is 9.10. The van der Waals surface area contributed by atoms with Crippen LogP contribution in [0.4, 0.5) is 32.6 Å². The highest BCUT2D eigenvalue weighted by Crippen LogP contribution is 2.46. The molecular formula is C62H59BrN12O4. The van der Waals surface area contributed by atoms with Gasteiger partial charge in [-0.1, -0.05) is 103 Å². The van der Waals surface area contributed by atoms with Crippen LogP contribution in [0.15, 0.2) is 156 Å². The van der Waals surface area contributed by atoms with Crippen LogP contribution in [0.5, 0.6) is 0 Å². The van der Waals surface area contributed by atoms with Gasteiger partial charge in [-0.05, 0) is 149 Å². The number of benzene rings is 5. The van der Waals surface area contributed by atoms with Crippen LogP contribution < -0.4 is 21.3 Å². The number of nitrogens with one attached hydrogen (secondary N) is 4. The molecule has 4 aliphatic rings. The highest BCUT2D eigenvalue weighted by Gasteiger charge is 2.43. The molecule has 398 valence electrons. The summed E-state index contributed by atoms with van der Waals surface area (Å²) in [5.41, 5.74) is 9.56. The molecule has 2 saturated carbocycles. The molecule has 2 amide bonds. The Morgan fingerprint density at radius 1 is 0.506 bits per heavy atom. The number of ether oxygens (including phenoxy) is 2. The fourth-order valence-electron chi connectivity index (χ4n) is 10.7. The zero-order chi connectivity index (χ0) is 54.7. The third-order valence-corrected chi connectivity index (χ3v) is 15.2. The second-order valence-electron chi connectivity index (χ2n) is 22.5. The predicted octanol–water partition coefficient (Wildman–Crippen LogP) is 14.3. The summed E-state index contributed by atoms with van der Waals surface area (Å²) >= 11 is 3.57. The molecule has 2 aliphatic heterocycles. The lowest BCUT2D eigenvalue weighted by Gasteiger charge is -2.43. The minimum absolute atomic E-state index is 0.389. The van der Waals surface area contributed by atoms with Gasteiger partial charge in [-0.3, -0.25) is 9.13 Å². The van der Waals surface area contributed by atoms with Crippen molar-refractivity contribution in [2.45, 2.75) is 102 Å². The molecule has 0 unspecified atom stereocenters. The summed E-state index contributed by atoms with van der Waals surface area (Å²) < 4.78 is 16.1. The van der Waals surface area contributed by atoms with E-state index in [4.69, 9.17) is 19.6 Å². The van der Waals surface area contributed by atoms with E-state index in [2.05, 4.69) is 117 Å². The van der Waals surface area contributed by atoms with Crippen molar-refractivity contribution in [1.82, 2.24) is 50.1 Å². The quantitative estimate of drug-likeness (QED) is 0.118. The van der Waals surface area contributed by atoms with Gasteiger partial charge in [0.05, 0.1) is 33.8 Å². The van der Waals surface area contributed by atoms with Crippen LogP contribution in [0, 0.1) is 0 Å². The van der Waals surface area contributed by atoms with Crippen molar-refractivity contribution in [3.8, 4) is 68.1 Å². The topological polar surface area (TPSA) is 188 Å². The predicted molar refractivity (Wildman–Crippen MR) is 310 cm³/mol. The van der Waals surface area contributed by atoms with Crippen molar-refractivity contribution >= 4 is 51.1 Å². The Bertz CT molecular complexity index is 3780. The number of hydrogen-bond donors (Lipinski definition) is 4. The maximum Gasteiger partial charge on any atom is 0.408 e. The number of carbonyl (C=O) groups is 2. The fraction of sp³-hybridized carbons (Fsp3) is 0.258. The van der Waals surface area contributed by atoms with Crippen LogP contribution in [-0.4, -0.2) is 62.9 Å². The molecule has 5 aromatic carbocycles. The maximum absolute atomic E-state index is 12.7. The molecule has 17 heteroatoms. The van der Waals surface area contributed by atoms with Crippen LogP contribution in [0.1, 0.15) is 91.2 Å². The molecule has 0 saturated heterocycles. The Morgan fingerprint density at radius 2 is 0.924 bits per heavy atom. The van der Waals surface area contributed by atoms with Crippen LogP contribution in [0.25, 0.3) is 68.1 Å². The van der Waals surface area contributed by atoms with Crippen molar-refractivity contribution in [2.24, 2.45) is 0 Å². The SMILES string of the molecule is CC(C)(C)OC(=O)NC1(c2ccc(-c3nnc4n3-c3cc(-c5ccccc5)cnc3Nc3ccccc3-4)cc2)CCC1.CC(C)(C)OC(=O)NC1(c2ccc(-c3nnc4n3-c3cc(Br)cnc3Nc3ccccc3-4)cc2)CCC1. The third kappa shape index (κ3) is 9.98. The lowest BCUT2D eigenvalue weighted by Crippen LogP contribution is -2.52. The fourth-order valence-corrected chi connectivity index (χ4v) is 11.0. The Hall–Kier alpha value is -8.70. The van der Waals surface area contributed by atoms with E-state index in [1.807, 2.05) is 137 Å². The minimum Gasteiger partial charge on any atom is -0.444 e. The minimum atomic E-state index is -0.552. The molecule has 0 bridgehead atoms. The number of alkyl carbamates (subject to hydrolysis) is 2. The Morgan fingerprint density at radius 3 is 1.37 bits per heavy atom. The number of fused-ring (bicyclic) bond motifs is 10. The summed E-state index contributed by atoms with van der Waals surface area (Å²) in [5.74, 6) is 4.36. The number of nitrogens with zero attached hydrogens (tertiary/aromatic N) is 8. The number of pyridine rings is 2. The maximum atomic E-state index is 12.7. The monoisotopic (exact) mass is 1110 g/mol. The summed E-state index contributed by atoms with van der Waals surface area (Å²) in [6.45, 7) is 11.2. The molecular weight excluding hydrogens is 1060 g/mol. The number of carbonyl (C=O) groups excluding carboxylic acids is 2. The van der Waals surface area contributed by atoms with E-state index >= 15 is 0 Å². The van der Waals surface area contributed by atoms with Crippen molar-refractivity contribution in [2.75, 3.05) is 10.6 Å². The van der Waals surface area contributed by atoms with Gasteiger partial charge in [0, 0.05) is 44.7 Å². The third-order valence-electron chi connectivity index (χ3n) is 14.7. The average molecular weight is 1120 g/mol. The second kappa shape index (κ2) is 19.9. The van der Waals surface area contributed by atoms with Crippen molar-refractivity contribution in [3.63, 3.8) is 0 Å². The normalized spacial score (nSPS) is 15.0. The van der Waals surface area contributed by atoms with E-state index in [1.165, 1.54) is 0 Å². The van der Waals surface area contributed by atoms with Gasteiger partial charge in [-0.25, -0.2) is 19.6 Å². The molecule has 2 aliphatic carbocycles. The van der Waals surface area contributed by atoms with Crippen LogP contribution in [0.3, 0.4) is 0 Å². The number of hydrogen-bond acceptors (Lipinski definition) is 12. The number of anilines is 4. The van der Waals surface area contributed by atoms with E-state index in [0.29, 0.717) is 11.6 Å². The summed E-state index contributed by atoms with van der Waals surface area (Å²) in [6, 6.07) is 46.9. The molecule has 4 aromatic heterocycles. The van der Waals surface area contributed by atoms with Gasteiger partial charge < -0.3 is 30.7 Å². The first kappa shape index (κ1) is 51.1. The smallest absolute Gasteiger partial charge is 0.408 e. The zero-order valence-electron chi connectivity index (χ0n) is 44.8. The largest absolute Gasteiger partial charge is 0.444 e. The van der Waals surface area contributed by atoms with E-state index < -0.39 is 28.4 Å². The lowest BCUT2D eigenvalue weighted by molar-refractivity contribution is 0.0365. The van der Waals surface area contributed by atoms with Gasteiger partial charge in [0.2, 0.25) is 0 Å². The van der Waals surface area contributed by atoms with Crippen molar-refractivity contribution in [3.05, 3.63) is 168 Å². The molecule has 0 spiro atoms. The summed E-state index contributed by atoms with van der Waals surface area (Å²) in [5, 5.41) is 31.8. The van der Waals surface area contributed by atoms with Gasteiger partial charge in [0.15, 0.2) is 34.9 Å². The molecule has 2 fully saturated rings. The summed E-state index contributed by atoms with van der Waals surface area (Å²) in [7, 11) is 0. The lowest BCUT2D eigenvalue weighted by atomic mass is 9.72. The Labute approximate surface area is 466 Å². The van der Waals surface area contributed by atoms with Gasteiger partial charge in [-0.15, -0.1) is 20.4 Å². The van der Waals surface area contributed by atoms with Crippen molar-refractivity contribution in [1.29, 1.82) is 0 Å². The van der Waals surface area contributed by atoms with E-state index in [1.54, 1.807) is 6.20 Å². The van der Waals surface area contributed by atoms with E-state index in [-0.39, 0.29) is 6.09 Å². The Kier molecular flexibility index (Phi) is 12.9. The van der Waals surface area contributed by atoms with Crippen LogP contribution >= 0.6 is 15.9 Å². The molecule has 9 aromatic rings. The van der Waals surface area contributed by atoms with Gasteiger partial charge >= 0.3 is 12.2 Å². The number of rotatable bonds is 7. The van der Waals surface area contributed by atoms with Crippen LogP contribution in [-0.2, 0) is 20.6 Å². The summed E-state index contributed by atoms with van der Waals surface area (Å²) in [6.07, 6.45) is 8.49. The molecule has 0 radical (unpaired) electrons. The Balaban J connectivity index is 0.000000159. The first-order valence-corrected chi connectivity index (χ1v) is 27.4. The first-order chi connectivity index (χ1) is 38.0. The summed E-state index contributed by atoms with van der Waals surface area (Å²) in [4.78, 5) is 34.7. The van der Waals surface area contributed by atoms with Gasteiger partial charge in [0.25, 0.3) is 0 Å². The molecule has 4 N–H and O–H groups in total. The number of para-hydroxylation sites is 2. The van der Waals surface area contributed by atoms with Crippen LogP contribution in [0.2, 0.25) is 0 Å². The second-order valence-corrected chi connectivity index (χ2v) is 23.4. The molecule has 6 heterocycles. The standard InChI is InChI=1S/C34H32N6O2.C28H27BrN6O2/c1-33(2,3)42-32(41)37-34(18-9-19-34)25-16-14-23(15-17-25)30-38-39-31-26-12-7-8-13-27(26)36-29-28(40(30)31)20-24(21-35-29)22-10-5-4-6-11-22;1-27(2,3)37-26(36)32-28(13-6-14-28)18-11-9-17(10-12-18)24-33-34-25-20-7-4-5-8-21(20)31-23-22(35(24)25)15-19(29)16-30-23/h4-8,10-17,20-21H,9,18-19H2,1-3H3,(H,35,36)(H,37,41);4-5,7-12,15-16H,6,13-14H2,1-3H3,(H,30,31)(H,32,36).